The molecule has 0 radical (unpaired) electrons. The van der Waals surface area contributed by atoms with E-state index in [4.69, 9.17) is 4.74 Å². The molecule has 7 heteroatoms. The molecule has 1 aromatic carbocycles. The van der Waals surface area contributed by atoms with Gasteiger partial charge in [-0.2, -0.15) is 10.2 Å². The van der Waals surface area contributed by atoms with Crippen LogP contribution >= 0.6 is 0 Å². The maximum atomic E-state index is 12.1. The van der Waals surface area contributed by atoms with Gasteiger partial charge in [-0.15, -0.1) is 0 Å². The molecule has 0 saturated heterocycles. The first-order valence-electron chi connectivity index (χ1n) is 8.79. The van der Waals surface area contributed by atoms with Crippen LogP contribution in [0.25, 0.3) is 11.3 Å². The molecule has 7 nitrogen and oxygen atoms in total. The molecule has 2 N–H and O–H groups in total. The van der Waals surface area contributed by atoms with Crippen LogP contribution in [0, 0.1) is 0 Å². The van der Waals surface area contributed by atoms with Gasteiger partial charge < -0.3 is 4.74 Å². The number of pyridine rings is 1. The highest BCUT2D eigenvalue weighted by Crippen LogP contribution is 2.21. The summed E-state index contributed by atoms with van der Waals surface area (Å²) in [6.45, 7) is 2.84. The van der Waals surface area contributed by atoms with Gasteiger partial charge >= 0.3 is 0 Å². The highest BCUT2D eigenvalue weighted by molar-refractivity contribution is 5.94. The quantitative estimate of drug-likeness (QED) is 0.364. The second-order valence-electron chi connectivity index (χ2n) is 5.85. The van der Waals surface area contributed by atoms with Gasteiger partial charge in [0.15, 0.2) is 0 Å². The Kier molecular flexibility index (Phi) is 6.30. The van der Waals surface area contributed by atoms with E-state index in [2.05, 4.69) is 32.6 Å². The Morgan fingerprint density at radius 3 is 2.85 bits per heavy atom. The van der Waals surface area contributed by atoms with E-state index in [0.717, 1.165) is 24.2 Å². The third-order valence-electron chi connectivity index (χ3n) is 3.79. The van der Waals surface area contributed by atoms with Gasteiger partial charge in [0, 0.05) is 11.8 Å². The molecule has 3 rings (SSSR count). The zero-order valence-corrected chi connectivity index (χ0v) is 15.1. The number of H-pyrrole nitrogens is 1. The van der Waals surface area contributed by atoms with Crippen LogP contribution in [0.3, 0.4) is 0 Å². The summed E-state index contributed by atoms with van der Waals surface area (Å²) in [7, 11) is 0. The maximum Gasteiger partial charge on any atom is 0.289 e. The second-order valence-corrected chi connectivity index (χ2v) is 5.85. The number of amides is 1. The number of aromatic amines is 1. The second kappa shape index (κ2) is 9.28. The number of carbonyl (C=O) groups excluding carboxylic acids is 1. The molecule has 0 atom stereocenters. The summed E-state index contributed by atoms with van der Waals surface area (Å²) in [4.78, 5) is 16.2. The molecule has 0 aliphatic carbocycles. The first-order chi connectivity index (χ1) is 13.3. The Balaban J connectivity index is 1.58. The summed E-state index contributed by atoms with van der Waals surface area (Å²) in [6.07, 6.45) is 5.27. The molecule has 0 aliphatic rings. The fraction of sp³-hybridized carbons (Fsp3) is 0.200. The Hall–Kier alpha value is -3.48. The average molecular weight is 363 g/mol. The highest BCUT2D eigenvalue weighted by atomic mass is 16.5. The van der Waals surface area contributed by atoms with Crippen molar-refractivity contribution in [2.24, 2.45) is 5.10 Å². The Bertz CT molecular complexity index is 888. The van der Waals surface area contributed by atoms with Crippen molar-refractivity contribution in [2.75, 3.05) is 6.61 Å². The van der Waals surface area contributed by atoms with Crippen LogP contribution in [-0.2, 0) is 0 Å². The van der Waals surface area contributed by atoms with E-state index in [9.17, 15) is 4.79 Å². The van der Waals surface area contributed by atoms with Crippen molar-refractivity contribution in [3.8, 4) is 17.0 Å². The van der Waals surface area contributed by atoms with Crippen LogP contribution in [0.5, 0.6) is 5.75 Å². The van der Waals surface area contributed by atoms with Crippen molar-refractivity contribution >= 4 is 12.1 Å². The number of hydrazone groups is 1. The van der Waals surface area contributed by atoms with Gasteiger partial charge in [0.05, 0.1) is 24.2 Å². The molecule has 3 aromatic rings. The van der Waals surface area contributed by atoms with Gasteiger partial charge in [0.1, 0.15) is 11.4 Å². The van der Waals surface area contributed by atoms with E-state index >= 15 is 0 Å². The number of unbranched alkanes of at least 4 members (excludes halogenated alkanes) is 1. The molecular formula is C20H21N5O2. The van der Waals surface area contributed by atoms with E-state index in [0.29, 0.717) is 23.7 Å². The van der Waals surface area contributed by atoms with E-state index in [1.165, 1.54) is 6.21 Å². The van der Waals surface area contributed by atoms with Crippen LogP contribution in [0.2, 0.25) is 0 Å². The Labute approximate surface area is 157 Å². The van der Waals surface area contributed by atoms with Crippen molar-refractivity contribution in [1.29, 1.82) is 0 Å². The van der Waals surface area contributed by atoms with Gasteiger partial charge in [0.2, 0.25) is 0 Å². The summed E-state index contributed by atoms with van der Waals surface area (Å²) in [5.74, 6) is 0.449. The van der Waals surface area contributed by atoms with E-state index in [1.54, 1.807) is 18.3 Å². The largest absolute Gasteiger partial charge is 0.494 e. The van der Waals surface area contributed by atoms with Gasteiger partial charge in [-0.05, 0) is 48.9 Å². The summed E-state index contributed by atoms with van der Waals surface area (Å²) in [6, 6.07) is 14.8. The lowest BCUT2D eigenvalue weighted by atomic mass is 10.1. The van der Waals surface area contributed by atoms with Crippen LogP contribution in [-0.4, -0.2) is 33.9 Å². The summed E-state index contributed by atoms with van der Waals surface area (Å²) in [5.41, 5.74) is 5.00. The summed E-state index contributed by atoms with van der Waals surface area (Å²) < 4.78 is 5.65. The van der Waals surface area contributed by atoms with Gasteiger partial charge in [-0.1, -0.05) is 19.4 Å². The SMILES string of the molecule is CCCCOc1ccc(-c2cc(C(=O)N/N=C/c3ccccn3)[nH]n2)cc1. The number of hydrogen-bond acceptors (Lipinski definition) is 5. The maximum absolute atomic E-state index is 12.1. The first-order valence-corrected chi connectivity index (χ1v) is 8.79. The van der Waals surface area contributed by atoms with Gasteiger partial charge in [0.25, 0.3) is 5.91 Å². The number of rotatable bonds is 8. The van der Waals surface area contributed by atoms with Crippen LogP contribution in [0.15, 0.2) is 59.8 Å². The first kappa shape index (κ1) is 18.3. The predicted molar refractivity (Wildman–Crippen MR) is 104 cm³/mol. The number of ether oxygens (including phenoxy) is 1. The molecule has 2 heterocycles. The third kappa shape index (κ3) is 5.24. The number of nitrogens with zero attached hydrogens (tertiary/aromatic N) is 3. The minimum absolute atomic E-state index is 0.325. The molecule has 1 amide bonds. The molecule has 0 fully saturated rings. The van der Waals surface area contributed by atoms with Crippen molar-refractivity contribution in [3.63, 3.8) is 0 Å². The van der Waals surface area contributed by atoms with Crippen LogP contribution < -0.4 is 10.2 Å². The number of aromatic nitrogens is 3. The van der Waals surface area contributed by atoms with Crippen molar-refractivity contribution in [1.82, 2.24) is 20.6 Å². The molecule has 0 saturated carbocycles. The minimum atomic E-state index is -0.375. The monoisotopic (exact) mass is 363 g/mol. The normalized spacial score (nSPS) is 10.9. The number of carbonyl (C=O) groups is 1. The fourth-order valence-corrected chi connectivity index (χ4v) is 2.31. The van der Waals surface area contributed by atoms with E-state index < -0.39 is 0 Å². The number of nitrogens with one attached hydrogen (secondary N) is 2. The summed E-state index contributed by atoms with van der Waals surface area (Å²) in [5, 5.41) is 10.8. The number of hydrogen-bond donors (Lipinski definition) is 2. The predicted octanol–water partition coefficient (Wildman–Crippen LogP) is 3.41. The van der Waals surface area contributed by atoms with Gasteiger partial charge in [-0.25, -0.2) is 5.43 Å². The lowest BCUT2D eigenvalue weighted by Crippen LogP contribution is -2.18. The van der Waals surface area contributed by atoms with Gasteiger partial charge in [-0.3, -0.25) is 14.9 Å². The average Bonchev–Trinajstić information content (AvgIpc) is 3.20. The fourth-order valence-electron chi connectivity index (χ4n) is 2.31. The molecule has 0 unspecified atom stereocenters. The lowest BCUT2D eigenvalue weighted by molar-refractivity contribution is 0.0950. The molecule has 27 heavy (non-hydrogen) atoms. The molecule has 0 aliphatic heterocycles. The molecule has 0 spiro atoms. The van der Waals surface area contributed by atoms with Crippen molar-refractivity contribution in [2.45, 2.75) is 19.8 Å². The Morgan fingerprint density at radius 1 is 1.26 bits per heavy atom. The van der Waals surface area contributed by atoms with Crippen LogP contribution in [0.4, 0.5) is 0 Å². The highest BCUT2D eigenvalue weighted by Gasteiger charge is 2.10. The zero-order valence-electron chi connectivity index (χ0n) is 15.1. The molecule has 138 valence electrons. The topological polar surface area (TPSA) is 92.3 Å². The third-order valence-corrected chi connectivity index (χ3v) is 3.79. The number of benzene rings is 1. The lowest BCUT2D eigenvalue weighted by Gasteiger charge is -2.05. The smallest absolute Gasteiger partial charge is 0.289 e. The standard InChI is InChI=1S/C20H21N5O2/c1-2-3-12-27-17-9-7-15(8-10-17)18-13-19(24-23-18)20(26)25-22-14-16-6-4-5-11-21-16/h4-11,13-14H,2-3,12H2,1H3,(H,23,24)(H,25,26)/b22-14+. The molecular weight excluding hydrogens is 342 g/mol. The van der Waals surface area contributed by atoms with Crippen molar-refractivity contribution < 1.29 is 9.53 Å². The molecule has 0 bridgehead atoms. The van der Waals surface area contributed by atoms with Crippen molar-refractivity contribution in [3.05, 3.63) is 66.1 Å². The minimum Gasteiger partial charge on any atom is -0.494 e. The zero-order chi connectivity index (χ0) is 18.9. The molecule has 2 aromatic heterocycles. The van der Waals surface area contributed by atoms with E-state index in [-0.39, 0.29) is 5.91 Å². The Morgan fingerprint density at radius 2 is 2.11 bits per heavy atom. The summed E-state index contributed by atoms with van der Waals surface area (Å²) >= 11 is 0. The van der Waals surface area contributed by atoms with E-state index in [1.807, 2.05) is 36.4 Å². The van der Waals surface area contributed by atoms with Crippen LogP contribution in [0.1, 0.15) is 35.9 Å².